The van der Waals surface area contributed by atoms with Gasteiger partial charge in [0.05, 0.1) is 6.61 Å². The lowest BCUT2D eigenvalue weighted by Gasteiger charge is -2.05. The first kappa shape index (κ1) is 16.3. The van der Waals surface area contributed by atoms with E-state index in [1.807, 2.05) is 6.08 Å². The topological polar surface area (TPSA) is 9.23 Å². The highest BCUT2D eigenvalue weighted by Gasteiger charge is 1.94. The zero-order valence-corrected chi connectivity index (χ0v) is 12.7. The number of unbranched alkanes of at least 4 members (excludes halogenated alkanes) is 5. The summed E-state index contributed by atoms with van der Waals surface area (Å²) in [6.45, 7) is 5.34. The van der Waals surface area contributed by atoms with Crippen LogP contribution in [0.15, 0.2) is 30.8 Å². The number of benzene rings is 1. The summed E-state index contributed by atoms with van der Waals surface area (Å²) in [5.74, 6) is 1.02. The first-order valence-corrected chi connectivity index (χ1v) is 7.90. The molecular formula is C17H26OS. The normalized spacial score (nSPS) is 10.6. The summed E-state index contributed by atoms with van der Waals surface area (Å²) in [6, 6.07) is 8.36. The molecule has 1 nitrogen and oxygen atoms in total. The number of rotatable bonds is 11. The molecule has 0 saturated carbocycles. The minimum Gasteiger partial charge on any atom is -0.377 e. The van der Waals surface area contributed by atoms with Crippen LogP contribution in [0.3, 0.4) is 0 Å². The molecule has 0 saturated heterocycles. The molecule has 19 heavy (non-hydrogen) atoms. The predicted molar refractivity (Wildman–Crippen MR) is 87.7 cm³/mol. The fraction of sp³-hybridized carbons (Fsp3) is 0.529. The first-order chi connectivity index (χ1) is 9.36. The highest BCUT2D eigenvalue weighted by molar-refractivity contribution is 7.80. The van der Waals surface area contributed by atoms with Gasteiger partial charge in [0.2, 0.25) is 0 Å². The third kappa shape index (κ3) is 8.12. The zero-order valence-electron chi connectivity index (χ0n) is 11.8. The number of hydrogen-bond donors (Lipinski definition) is 1. The van der Waals surface area contributed by atoms with Gasteiger partial charge in [0.15, 0.2) is 0 Å². The van der Waals surface area contributed by atoms with Crippen molar-refractivity contribution in [2.75, 3.05) is 12.4 Å². The Morgan fingerprint density at radius 3 is 2.21 bits per heavy atom. The van der Waals surface area contributed by atoms with Crippen LogP contribution in [0.25, 0.3) is 6.08 Å². The second-order valence-corrected chi connectivity index (χ2v) is 5.29. The lowest BCUT2D eigenvalue weighted by molar-refractivity contribution is 0.116. The lowest BCUT2D eigenvalue weighted by Crippen LogP contribution is -1.95. The molecule has 0 unspecified atom stereocenters. The van der Waals surface area contributed by atoms with Gasteiger partial charge in [0.1, 0.15) is 0 Å². The molecule has 2 heteroatoms. The largest absolute Gasteiger partial charge is 0.377 e. The zero-order chi connectivity index (χ0) is 13.8. The molecule has 0 radical (unpaired) electrons. The van der Waals surface area contributed by atoms with Crippen molar-refractivity contribution in [3.8, 4) is 0 Å². The van der Waals surface area contributed by atoms with Gasteiger partial charge in [-0.3, -0.25) is 0 Å². The molecule has 0 aromatic heterocycles. The van der Waals surface area contributed by atoms with E-state index in [0.29, 0.717) is 0 Å². The molecule has 0 fully saturated rings. The molecule has 106 valence electrons. The van der Waals surface area contributed by atoms with Crippen LogP contribution in [0.1, 0.15) is 49.7 Å². The molecule has 0 heterocycles. The molecule has 1 rings (SSSR count). The van der Waals surface area contributed by atoms with Gasteiger partial charge in [0, 0.05) is 6.61 Å². The summed E-state index contributed by atoms with van der Waals surface area (Å²) >= 11 is 4.21. The lowest BCUT2D eigenvalue weighted by atomic mass is 10.1. The van der Waals surface area contributed by atoms with E-state index < -0.39 is 0 Å². The fourth-order valence-electron chi connectivity index (χ4n) is 1.96. The van der Waals surface area contributed by atoms with E-state index in [9.17, 15) is 0 Å². The Hall–Kier alpha value is -0.730. The van der Waals surface area contributed by atoms with Gasteiger partial charge in [-0.05, 0) is 29.7 Å². The van der Waals surface area contributed by atoms with Crippen LogP contribution in [0.5, 0.6) is 0 Å². The summed E-state index contributed by atoms with van der Waals surface area (Å²) in [7, 11) is 0. The van der Waals surface area contributed by atoms with E-state index >= 15 is 0 Å². The highest BCUT2D eigenvalue weighted by Crippen LogP contribution is 2.08. The van der Waals surface area contributed by atoms with Gasteiger partial charge in [-0.15, -0.1) is 0 Å². The van der Waals surface area contributed by atoms with Crippen molar-refractivity contribution in [1.29, 1.82) is 0 Å². The molecule has 0 aliphatic carbocycles. The Bertz CT molecular complexity index is 332. The Labute approximate surface area is 123 Å². The number of hydrogen-bond acceptors (Lipinski definition) is 2. The van der Waals surface area contributed by atoms with Crippen LogP contribution in [-0.4, -0.2) is 12.4 Å². The van der Waals surface area contributed by atoms with Crippen molar-refractivity contribution in [3.05, 3.63) is 42.0 Å². The Morgan fingerprint density at radius 2 is 1.58 bits per heavy atom. The van der Waals surface area contributed by atoms with E-state index in [2.05, 4.69) is 43.5 Å². The van der Waals surface area contributed by atoms with Crippen LogP contribution in [0.2, 0.25) is 0 Å². The van der Waals surface area contributed by atoms with Crippen molar-refractivity contribution in [1.82, 2.24) is 0 Å². The summed E-state index contributed by atoms with van der Waals surface area (Å²) < 4.78 is 5.68. The standard InChI is InChI=1S/C17H26OS/c1-2-16-9-11-17(12-10-16)15-18-13-7-5-3-4-6-8-14-19/h2,9-12,19H,1,3-8,13-15H2. The summed E-state index contributed by atoms with van der Waals surface area (Å²) in [5.41, 5.74) is 2.39. The minimum absolute atomic E-state index is 0.719. The van der Waals surface area contributed by atoms with Crippen molar-refractivity contribution in [3.63, 3.8) is 0 Å². The molecule has 0 spiro atoms. The average molecular weight is 278 g/mol. The van der Waals surface area contributed by atoms with Crippen molar-refractivity contribution >= 4 is 18.7 Å². The molecule has 0 N–H and O–H groups in total. The second-order valence-electron chi connectivity index (χ2n) is 4.84. The van der Waals surface area contributed by atoms with Gasteiger partial charge in [-0.2, -0.15) is 12.6 Å². The van der Waals surface area contributed by atoms with E-state index in [1.54, 1.807) is 0 Å². The summed E-state index contributed by atoms with van der Waals surface area (Å²) in [4.78, 5) is 0. The fourth-order valence-corrected chi connectivity index (χ4v) is 2.19. The van der Waals surface area contributed by atoms with E-state index in [4.69, 9.17) is 4.74 Å². The van der Waals surface area contributed by atoms with E-state index in [-0.39, 0.29) is 0 Å². The highest BCUT2D eigenvalue weighted by atomic mass is 32.1. The smallest absolute Gasteiger partial charge is 0.0716 e. The Kier molecular flexibility index (Phi) is 9.56. The van der Waals surface area contributed by atoms with E-state index in [1.165, 1.54) is 44.1 Å². The maximum atomic E-state index is 5.68. The van der Waals surface area contributed by atoms with E-state index in [0.717, 1.165) is 24.5 Å². The summed E-state index contributed by atoms with van der Waals surface area (Å²) in [5, 5.41) is 0. The second kappa shape index (κ2) is 11.1. The first-order valence-electron chi connectivity index (χ1n) is 7.27. The Morgan fingerprint density at radius 1 is 0.947 bits per heavy atom. The van der Waals surface area contributed by atoms with Crippen LogP contribution in [0.4, 0.5) is 0 Å². The van der Waals surface area contributed by atoms with Gasteiger partial charge in [-0.25, -0.2) is 0 Å². The minimum atomic E-state index is 0.719. The summed E-state index contributed by atoms with van der Waals surface area (Å²) in [6.07, 6.45) is 9.54. The molecule has 0 aliphatic heterocycles. The van der Waals surface area contributed by atoms with Gasteiger partial charge in [0.25, 0.3) is 0 Å². The third-order valence-corrected chi connectivity index (χ3v) is 3.50. The molecule has 1 aromatic rings. The molecule has 0 aliphatic rings. The van der Waals surface area contributed by atoms with Crippen molar-refractivity contribution in [2.24, 2.45) is 0 Å². The third-order valence-electron chi connectivity index (χ3n) is 3.18. The Balaban J connectivity index is 1.96. The molecule has 1 aromatic carbocycles. The maximum Gasteiger partial charge on any atom is 0.0716 e. The van der Waals surface area contributed by atoms with Crippen LogP contribution >= 0.6 is 12.6 Å². The molecule has 0 atom stereocenters. The van der Waals surface area contributed by atoms with Crippen LogP contribution in [-0.2, 0) is 11.3 Å². The molecular weight excluding hydrogens is 252 g/mol. The van der Waals surface area contributed by atoms with Gasteiger partial charge < -0.3 is 4.74 Å². The maximum absolute atomic E-state index is 5.68. The van der Waals surface area contributed by atoms with Crippen molar-refractivity contribution in [2.45, 2.75) is 45.1 Å². The predicted octanol–water partition coefficient (Wildman–Crippen LogP) is 5.12. The SMILES string of the molecule is C=Cc1ccc(COCCCCCCCCS)cc1. The van der Waals surface area contributed by atoms with Crippen LogP contribution < -0.4 is 0 Å². The average Bonchev–Trinajstić information content (AvgIpc) is 2.46. The monoisotopic (exact) mass is 278 g/mol. The van der Waals surface area contributed by atoms with Gasteiger partial charge >= 0.3 is 0 Å². The molecule has 0 bridgehead atoms. The molecule has 0 amide bonds. The van der Waals surface area contributed by atoms with Gasteiger partial charge in [-0.1, -0.05) is 62.6 Å². The number of ether oxygens (including phenoxy) is 1. The van der Waals surface area contributed by atoms with Crippen molar-refractivity contribution < 1.29 is 4.74 Å². The number of thiol groups is 1. The quantitative estimate of drug-likeness (QED) is 0.437. The van der Waals surface area contributed by atoms with Crippen LogP contribution in [0, 0.1) is 0 Å².